The van der Waals surface area contributed by atoms with Crippen LogP contribution in [-0.2, 0) is 0 Å². The van der Waals surface area contributed by atoms with Gasteiger partial charge in [0.1, 0.15) is 16.7 Å². The molecule has 0 N–H and O–H groups in total. The summed E-state index contributed by atoms with van der Waals surface area (Å²) in [6.07, 6.45) is 2.31. The Kier molecular flexibility index (Phi) is 7.14. The van der Waals surface area contributed by atoms with Crippen LogP contribution < -0.4 is 0 Å². The molecule has 244 valence electrons. The summed E-state index contributed by atoms with van der Waals surface area (Å²) in [6, 6.07) is 63.7. The zero-order chi connectivity index (χ0) is 34.4. The van der Waals surface area contributed by atoms with Gasteiger partial charge in [-0.2, -0.15) is 0 Å². The van der Waals surface area contributed by atoms with Gasteiger partial charge in [-0.1, -0.05) is 140 Å². The van der Waals surface area contributed by atoms with Crippen LogP contribution in [0, 0.1) is 0 Å². The Labute approximate surface area is 300 Å². The summed E-state index contributed by atoms with van der Waals surface area (Å²) in [5.41, 5.74) is 13.2. The first-order valence-electron chi connectivity index (χ1n) is 17.5. The Bertz CT molecular complexity index is 2930. The minimum absolute atomic E-state index is 0.600. The molecule has 0 spiro atoms. The van der Waals surface area contributed by atoms with E-state index in [1.165, 1.54) is 33.0 Å². The molecule has 0 aliphatic heterocycles. The molecule has 0 atom stereocenters. The standard InChI is InChI=1S/C49H31NO2/c1-3-11-32(12-4-1)34-19-22-35(23-20-34)43(30-38-17-9-10-18-41(38)39-24-21-33-13-7-8-16-37(33)29-39)40-25-26-42-46(31-40)51-45-28-27-44-48(47(42)45)52-49(50-44)36-14-5-2-6-15-36/h1-31H/b43-30-. The fourth-order valence-corrected chi connectivity index (χ4v) is 7.32. The molecule has 10 rings (SSSR count). The van der Waals surface area contributed by atoms with Crippen molar-refractivity contribution in [3.63, 3.8) is 0 Å². The molecule has 0 saturated carbocycles. The molecule has 3 nitrogen and oxygen atoms in total. The number of hydrogen-bond acceptors (Lipinski definition) is 3. The van der Waals surface area contributed by atoms with E-state index < -0.39 is 0 Å². The van der Waals surface area contributed by atoms with Crippen LogP contribution in [0.5, 0.6) is 0 Å². The summed E-state index contributed by atoms with van der Waals surface area (Å²) in [6.45, 7) is 0. The van der Waals surface area contributed by atoms with E-state index in [0.717, 1.165) is 60.9 Å². The number of fused-ring (bicyclic) bond motifs is 6. The van der Waals surface area contributed by atoms with E-state index in [1.807, 2.05) is 42.5 Å². The van der Waals surface area contributed by atoms with Gasteiger partial charge in [0.25, 0.3) is 0 Å². The average Bonchev–Trinajstić information content (AvgIpc) is 3.82. The highest BCUT2D eigenvalue weighted by molar-refractivity contribution is 6.17. The smallest absolute Gasteiger partial charge is 0.227 e. The van der Waals surface area contributed by atoms with E-state index >= 15 is 0 Å². The maximum Gasteiger partial charge on any atom is 0.227 e. The fourth-order valence-electron chi connectivity index (χ4n) is 7.32. The van der Waals surface area contributed by atoms with Gasteiger partial charge in [-0.05, 0) is 104 Å². The first kappa shape index (κ1) is 29.9. The molecule has 2 aromatic heterocycles. The topological polar surface area (TPSA) is 39.2 Å². The number of oxazole rings is 1. The second kappa shape index (κ2) is 12.4. The van der Waals surface area contributed by atoms with Crippen LogP contribution in [0.4, 0.5) is 0 Å². The summed E-state index contributed by atoms with van der Waals surface area (Å²) < 4.78 is 13.0. The van der Waals surface area contributed by atoms with Gasteiger partial charge in [-0.15, -0.1) is 0 Å². The summed E-state index contributed by atoms with van der Waals surface area (Å²) >= 11 is 0. The molecule has 2 heterocycles. The lowest BCUT2D eigenvalue weighted by Gasteiger charge is -2.13. The Balaban J connectivity index is 1.13. The number of aromatic nitrogens is 1. The lowest BCUT2D eigenvalue weighted by molar-refractivity contribution is 0.622. The molecule has 10 aromatic rings. The maximum atomic E-state index is 6.55. The van der Waals surface area contributed by atoms with Crippen molar-refractivity contribution in [1.29, 1.82) is 0 Å². The molecular formula is C49H31NO2. The molecule has 52 heavy (non-hydrogen) atoms. The SMILES string of the molecule is C(=C(\c1ccc(-c2ccccc2)cc1)c1ccc2c(c1)oc1ccc3nc(-c4ccccc4)oc3c12)/c1ccccc1-c1ccc2ccccc2c1. The van der Waals surface area contributed by atoms with Crippen molar-refractivity contribution in [2.75, 3.05) is 0 Å². The van der Waals surface area contributed by atoms with Gasteiger partial charge in [-0.3, -0.25) is 0 Å². The predicted molar refractivity (Wildman–Crippen MR) is 215 cm³/mol. The number of nitrogens with zero attached hydrogens (tertiary/aromatic N) is 1. The lowest BCUT2D eigenvalue weighted by atomic mass is 9.91. The van der Waals surface area contributed by atoms with Gasteiger partial charge in [0.05, 0.1) is 5.39 Å². The molecule has 8 aromatic carbocycles. The van der Waals surface area contributed by atoms with Gasteiger partial charge < -0.3 is 8.83 Å². The van der Waals surface area contributed by atoms with Crippen molar-refractivity contribution in [2.45, 2.75) is 0 Å². The van der Waals surface area contributed by atoms with E-state index in [2.05, 4.69) is 146 Å². The minimum Gasteiger partial charge on any atom is -0.456 e. The lowest BCUT2D eigenvalue weighted by Crippen LogP contribution is -1.91. The number of benzene rings is 8. The monoisotopic (exact) mass is 665 g/mol. The number of rotatable bonds is 6. The van der Waals surface area contributed by atoms with Gasteiger partial charge in [0, 0.05) is 10.9 Å². The first-order chi connectivity index (χ1) is 25.7. The zero-order valence-electron chi connectivity index (χ0n) is 28.2. The van der Waals surface area contributed by atoms with E-state index in [1.54, 1.807) is 0 Å². The van der Waals surface area contributed by atoms with Gasteiger partial charge >= 0.3 is 0 Å². The van der Waals surface area contributed by atoms with Crippen LogP contribution in [0.2, 0.25) is 0 Å². The molecule has 0 saturated heterocycles. The van der Waals surface area contributed by atoms with Crippen molar-refractivity contribution in [3.8, 4) is 33.7 Å². The zero-order valence-corrected chi connectivity index (χ0v) is 28.2. The third-order valence-electron chi connectivity index (χ3n) is 9.95. The first-order valence-corrected chi connectivity index (χ1v) is 17.5. The van der Waals surface area contributed by atoms with Gasteiger partial charge in [0.15, 0.2) is 5.58 Å². The van der Waals surface area contributed by atoms with Crippen molar-refractivity contribution < 1.29 is 8.83 Å². The molecule has 0 aliphatic carbocycles. The molecule has 0 unspecified atom stereocenters. The maximum absolute atomic E-state index is 6.55. The molecule has 0 fully saturated rings. The highest BCUT2D eigenvalue weighted by Gasteiger charge is 2.18. The van der Waals surface area contributed by atoms with Crippen molar-refractivity contribution in [3.05, 3.63) is 199 Å². The second-order valence-corrected chi connectivity index (χ2v) is 13.1. The fraction of sp³-hybridized carbons (Fsp3) is 0. The minimum atomic E-state index is 0.600. The molecule has 0 radical (unpaired) electrons. The molecular weight excluding hydrogens is 635 g/mol. The summed E-state index contributed by atoms with van der Waals surface area (Å²) in [5, 5.41) is 4.39. The van der Waals surface area contributed by atoms with Gasteiger partial charge in [0.2, 0.25) is 5.89 Å². The summed E-state index contributed by atoms with van der Waals surface area (Å²) in [5.74, 6) is 0.600. The third kappa shape index (κ3) is 5.28. The third-order valence-corrected chi connectivity index (χ3v) is 9.95. The van der Waals surface area contributed by atoms with Crippen molar-refractivity contribution in [2.24, 2.45) is 0 Å². The average molecular weight is 666 g/mol. The van der Waals surface area contributed by atoms with Crippen LogP contribution in [0.3, 0.4) is 0 Å². The highest BCUT2D eigenvalue weighted by Crippen LogP contribution is 2.39. The molecule has 0 aliphatic rings. The number of hydrogen-bond donors (Lipinski definition) is 0. The summed E-state index contributed by atoms with van der Waals surface area (Å²) in [4.78, 5) is 4.81. The van der Waals surface area contributed by atoms with E-state index in [4.69, 9.17) is 13.8 Å². The van der Waals surface area contributed by atoms with E-state index in [9.17, 15) is 0 Å². The van der Waals surface area contributed by atoms with E-state index in [-0.39, 0.29) is 0 Å². The van der Waals surface area contributed by atoms with Crippen LogP contribution in [-0.4, -0.2) is 4.98 Å². The Morgan fingerprint density at radius 2 is 1.13 bits per heavy atom. The summed E-state index contributed by atoms with van der Waals surface area (Å²) in [7, 11) is 0. The quantitative estimate of drug-likeness (QED) is 0.166. The van der Waals surface area contributed by atoms with E-state index in [0.29, 0.717) is 5.89 Å². The Hall–Kier alpha value is -6.97. The molecule has 0 amide bonds. The Morgan fingerprint density at radius 3 is 1.96 bits per heavy atom. The van der Waals surface area contributed by atoms with Crippen LogP contribution in [0.1, 0.15) is 16.7 Å². The van der Waals surface area contributed by atoms with Gasteiger partial charge in [-0.25, -0.2) is 4.98 Å². The Morgan fingerprint density at radius 1 is 0.462 bits per heavy atom. The molecule has 3 heteroatoms. The van der Waals surface area contributed by atoms with Crippen molar-refractivity contribution >= 4 is 55.5 Å². The predicted octanol–water partition coefficient (Wildman–Crippen LogP) is 13.5. The van der Waals surface area contributed by atoms with Crippen LogP contribution >= 0.6 is 0 Å². The van der Waals surface area contributed by atoms with Crippen molar-refractivity contribution in [1.82, 2.24) is 4.98 Å². The van der Waals surface area contributed by atoms with Crippen LogP contribution in [0.25, 0.3) is 89.2 Å². The highest BCUT2D eigenvalue weighted by atomic mass is 16.4. The molecule has 0 bridgehead atoms. The second-order valence-electron chi connectivity index (χ2n) is 13.1. The normalized spacial score (nSPS) is 12.0. The largest absolute Gasteiger partial charge is 0.456 e. The number of furan rings is 1. The van der Waals surface area contributed by atoms with Crippen LogP contribution in [0.15, 0.2) is 191 Å².